The summed E-state index contributed by atoms with van der Waals surface area (Å²) in [5.41, 5.74) is -0.751. The van der Waals surface area contributed by atoms with Crippen LogP contribution in [0.25, 0.3) is 0 Å². The summed E-state index contributed by atoms with van der Waals surface area (Å²) in [5.74, 6) is -0.887. The molecule has 0 aliphatic carbocycles. The number of hydrogen-bond acceptors (Lipinski definition) is 3. The van der Waals surface area contributed by atoms with Crippen LogP contribution in [0.5, 0.6) is 0 Å². The van der Waals surface area contributed by atoms with Gasteiger partial charge in [0.1, 0.15) is 12.4 Å². The molecule has 0 unspecified atom stereocenters. The first-order valence-electron chi connectivity index (χ1n) is 8.69. The van der Waals surface area contributed by atoms with Gasteiger partial charge in [0.25, 0.3) is 0 Å². The highest BCUT2D eigenvalue weighted by atomic mass is 32.2. The number of nitrogens with zero attached hydrogens (tertiary/aromatic N) is 3. The number of amidine groups is 1. The number of carbonyl (C=O) groups is 1. The number of carbonyl (C=O) groups excluding carboxylic acids is 1. The van der Waals surface area contributed by atoms with Crippen molar-refractivity contribution < 1.29 is 35.5 Å². The Morgan fingerprint density at radius 3 is 2.19 bits per heavy atom. The molecule has 1 heterocycles. The molecule has 12 heteroatoms. The first-order chi connectivity index (χ1) is 14.5. The van der Waals surface area contributed by atoms with Crippen molar-refractivity contribution >= 4 is 28.6 Å². The Morgan fingerprint density at radius 2 is 1.61 bits per heavy atom. The molecule has 0 N–H and O–H groups in total. The minimum Gasteiger partial charge on any atom is -0.281 e. The lowest BCUT2D eigenvalue weighted by Crippen LogP contribution is -2.50. The van der Waals surface area contributed by atoms with E-state index >= 15 is 0 Å². The van der Waals surface area contributed by atoms with Gasteiger partial charge in [0.05, 0.1) is 23.7 Å². The Balaban J connectivity index is 1.91. The minimum absolute atomic E-state index is 0.0766. The molecule has 1 saturated heterocycles. The van der Waals surface area contributed by atoms with E-state index in [0.717, 1.165) is 51.9 Å². The summed E-state index contributed by atoms with van der Waals surface area (Å²) >= 11 is 0.788. The molecule has 0 atom stereocenters. The standard InChI is InChI=1S/C19H14F7N3OS/c20-14-3-1-2-4-15(14)29-11-31-16(27-10-18(21,22)23)28(17(29)30)9-12-5-7-13(8-6-12)19(24,25)26/h1-8H,9-11H2. The van der Waals surface area contributed by atoms with Crippen LogP contribution < -0.4 is 4.90 Å². The number of anilines is 1. The molecule has 31 heavy (non-hydrogen) atoms. The van der Waals surface area contributed by atoms with Crippen molar-refractivity contribution in [1.82, 2.24) is 4.90 Å². The van der Waals surface area contributed by atoms with Crippen molar-refractivity contribution in [3.8, 4) is 0 Å². The lowest BCUT2D eigenvalue weighted by atomic mass is 10.1. The van der Waals surface area contributed by atoms with Crippen LogP contribution in [-0.2, 0) is 12.7 Å². The van der Waals surface area contributed by atoms with Gasteiger partial charge in [0.2, 0.25) is 0 Å². The number of rotatable bonds is 4. The lowest BCUT2D eigenvalue weighted by molar-refractivity contribution is -0.137. The molecule has 0 aromatic heterocycles. The van der Waals surface area contributed by atoms with Gasteiger partial charge < -0.3 is 0 Å². The van der Waals surface area contributed by atoms with E-state index in [1.165, 1.54) is 18.2 Å². The molecule has 166 valence electrons. The zero-order valence-corrected chi connectivity index (χ0v) is 16.4. The predicted molar refractivity (Wildman–Crippen MR) is 102 cm³/mol. The molecule has 0 saturated carbocycles. The highest BCUT2D eigenvalue weighted by molar-refractivity contribution is 8.14. The second-order valence-electron chi connectivity index (χ2n) is 6.43. The van der Waals surface area contributed by atoms with Crippen LogP contribution in [0.2, 0.25) is 0 Å². The summed E-state index contributed by atoms with van der Waals surface area (Å²) in [6.45, 7) is -1.88. The van der Waals surface area contributed by atoms with Crippen molar-refractivity contribution in [2.75, 3.05) is 17.3 Å². The van der Waals surface area contributed by atoms with E-state index in [2.05, 4.69) is 4.99 Å². The van der Waals surface area contributed by atoms with Crippen LogP contribution in [0.15, 0.2) is 53.5 Å². The third-order valence-corrected chi connectivity index (χ3v) is 5.17. The molecular formula is C19H14F7N3OS. The Labute approximate surface area is 176 Å². The van der Waals surface area contributed by atoms with Gasteiger partial charge in [-0.05, 0) is 29.8 Å². The first kappa shape index (κ1) is 22.9. The normalized spacial score (nSPS) is 16.9. The molecule has 4 nitrogen and oxygen atoms in total. The number of alkyl halides is 6. The fourth-order valence-electron chi connectivity index (χ4n) is 2.73. The lowest BCUT2D eigenvalue weighted by Gasteiger charge is -2.36. The van der Waals surface area contributed by atoms with Gasteiger partial charge in [-0.2, -0.15) is 26.3 Å². The van der Waals surface area contributed by atoms with Crippen molar-refractivity contribution in [2.24, 2.45) is 4.99 Å². The van der Waals surface area contributed by atoms with Crippen LogP contribution in [0.3, 0.4) is 0 Å². The molecule has 1 aliphatic heterocycles. The van der Waals surface area contributed by atoms with Gasteiger partial charge in [0.15, 0.2) is 5.17 Å². The Morgan fingerprint density at radius 1 is 0.968 bits per heavy atom. The molecular weight excluding hydrogens is 451 g/mol. The number of amides is 2. The van der Waals surface area contributed by atoms with Crippen molar-refractivity contribution in [2.45, 2.75) is 18.9 Å². The number of aliphatic imine (C=N–C) groups is 1. The quantitative estimate of drug-likeness (QED) is 0.528. The molecule has 0 spiro atoms. The third-order valence-electron chi connectivity index (χ3n) is 4.17. The van der Waals surface area contributed by atoms with Gasteiger partial charge in [-0.15, -0.1) is 0 Å². The number of urea groups is 1. The van der Waals surface area contributed by atoms with E-state index in [1.54, 1.807) is 0 Å². The van der Waals surface area contributed by atoms with Crippen LogP contribution >= 0.6 is 11.8 Å². The molecule has 2 aromatic carbocycles. The monoisotopic (exact) mass is 465 g/mol. The maximum Gasteiger partial charge on any atom is 0.416 e. The van der Waals surface area contributed by atoms with E-state index < -0.39 is 36.3 Å². The van der Waals surface area contributed by atoms with Gasteiger partial charge in [-0.1, -0.05) is 36.0 Å². The van der Waals surface area contributed by atoms with Crippen LogP contribution in [0.1, 0.15) is 11.1 Å². The molecule has 2 aromatic rings. The smallest absolute Gasteiger partial charge is 0.281 e. The largest absolute Gasteiger partial charge is 0.416 e. The fourth-order valence-corrected chi connectivity index (χ4v) is 3.68. The second-order valence-corrected chi connectivity index (χ2v) is 7.34. The minimum atomic E-state index is -4.61. The van der Waals surface area contributed by atoms with Gasteiger partial charge in [-0.25, -0.2) is 9.18 Å². The summed E-state index contributed by atoms with van der Waals surface area (Å²) in [6, 6.07) is 8.36. The van der Waals surface area contributed by atoms with Gasteiger partial charge in [-0.3, -0.25) is 14.8 Å². The Bertz CT molecular complexity index is 974. The Hall–Kier alpha value is -2.76. The average molecular weight is 465 g/mol. The molecule has 3 rings (SSSR count). The highest BCUT2D eigenvalue weighted by Crippen LogP contribution is 2.32. The number of halogens is 7. The molecule has 1 fully saturated rings. The zero-order valence-electron chi connectivity index (χ0n) is 15.5. The number of hydrogen-bond donors (Lipinski definition) is 0. The number of benzene rings is 2. The molecule has 0 bridgehead atoms. The summed E-state index contributed by atoms with van der Waals surface area (Å²) in [6.07, 6.45) is -9.17. The number of para-hydroxylation sites is 1. The zero-order chi connectivity index (χ0) is 22.8. The van der Waals surface area contributed by atoms with E-state index in [9.17, 15) is 35.5 Å². The Kier molecular flexibility index (Phi) is 6.48. The average Bonchev–Trinajstić information content (AvgIpc) is 2.68. The molecule has 1 aliphatic rings. The predicted octanol–water partition coefficient (Wildman–Crippen LogP) is 5.90. The maximum absolute atomic E-state index is 14.2. The van der Waals surface area contributed by atoms with Crippen molar-refractivity contribution in [1.29, 1.82) is 0 Å². The van der Waals surface area contributed by atoms with E-state index in [-0.39, 0.29) is 28.8 Å². The summed E-state index contributed by atoms with van der Waals surface area (Å²) in [4.78, 5) is 18.3. The first-order valence-corrected chi connectivity index (χ1v) is 9.68. The summed E-state index contributed by atoms with van der Waals surface area (Å²) in [5, 5.41) is -0.255. The van der Waals surface area contributed by atoms with E-state index in [0.29, 0.717) is 0 Å². The highest BCUT2D eigenvalue weighted by Gasteiger charge is 2.35. The third kappa shape index (κ3) is 5.69. The topological polar surface area (TPSA) is 35.9 Å². The van der Waals surface area contributed by atoms with Crippen molar-refractivity contribution in [3.05, 3.63) is 65.5 Å². The molecule has 2 amide bonds. The fraction of sp³-hybridized carbons (Fsp3) is 0.263. The summed E-state index contributed by atoms with van der Waals surface area (Å²) < 4.78 is 90.3. The van der Waals surface area contributed by atoms with Gasteiger partial charge in [0, 0.05) is 0 Å². The maximum atomic E-state index is 14.2. The van der Waals surface area contributed by atoms with E-state index in [4.69, 9.17) is 0 Å². The second kappa shape index (κ2) is 8.77. The van der Waals surface area contributed by atoms with Crippen molar-refractivity contribution in [3.63, 3.8) is 0 Å². The van der Waals surface area contributed by atoms with E-state index in [1.807, 2.05) is 0 Å². The molecule has 0 radical (unpaired) electrons. The summed E-state index contributed by atoms with van der Waals surface area (Å²) in [7, 11) is 0. The SMILES string of the molecule is O=C1N(Cc2ccc(C(F)(F)F)cc2)C(=NCC(F)(F)F)SCN1c1ccccc1F. The van der Waals surface area contributed by atoms with Crippen LogP contribution in [0.4, 0.5) is 41.2 Å². The number of thioether (sulfide) groups is 1. The van der Waals surface area contributed by atoms with Crippen LogP contribution in [0, 0.1) is 5.82 Å². The van der Waals surface area contributed by atoms with Gasteiger partial charge >= 0.3 is 18.4 Å². The van der Waals surface area contributed by atoms with Crippen LogP contribution in [-0.4, -0.2) is 34.7 Å².